The number of piperidine rings is 1. The second-order valence-electron chi connectivity index (χ2n) is 8.57. The highest BCUT2D eigenvalue weighted by Gasteiger charge is 2.27. The first-order chi connectivity index (χ1) is 13.9. The summed E-state index contributed by atoms with van der Waals surface area (Å²) in [7, 11) is 0. The minimum absolute atomic E-state index is 0.0326. The molecule has 1 saturated heterocycles. The van der Waals surface area contributed by atoms with Crippen LogP contribution in [0.1, 0.15) is 61.0 Å². The van der Waals surface area contributed by atoms with Crippen molar-refractivity contribution in [1.29, 1.82) is 0 Å². The Morgan fingerprint density at radius 1 is 1.17 bits per heavy atom. The van der Waals surface area contributed by atoms with Gasteiger partial charge in [0, 0.05) is 24.7 Å². The number of H-pyrrole nitrogens is 1. The van der Waals surface area contributed by atoms with E-state index in [9.17, 15) is 4.79 Å². The molecular weight excluding hydrogens is 360 g/mol. The number of rotatable bonds is 3. The van der Waals surface area contributed by atoms with E-state index in [0.717, 1.165) is 41.9 Å². The summed E-state index contributed by atoms with van der Waals surface area (Å²) in [6.07, 6.45) is 2.03. The minimum atomic E-state index is -0.0326. The molecule has 4 rings (SSSR count). The maximum Gasteiger partial charge on any atom is 0.321 e. The molecular formula is C24H30N4O. The Bertz CT molecular complexity index is 980. The Labute approximate surface area is 172 Å². The maximum absolute atomic E-state index is 12.8. The number of likely N-dealkylation sites (tertiary alicyclic amines) is 1. The zero-order valence-electron chi connectivity index (χ0n) is 17.7. The van der Waals surface area contributed by atoms with Crippen molar-refractivity contribution < 1.29 is 4.79 Å². The molecule has 3 aromatic rings. The Morgan fingerprint density at radius 2 is 1.90 bits per heavy atom. The van der Waals surface area contributed by atoms with Crippen LogP contribution in [-0.2, 0) is 0 Å². The topological polar surface area (TPSA) is 61.0 Å². The Morgan fingerprint density at radius 3 is 2.62 bits per heavy atom. The lowest BCUT2D eigenvalue weighted by Gasteiger charge is -2.31. The average Bonchev–Trinajstić information content (AvgIpc) is 3.11. The molecule has 0 radical (unpaired) electrons. The quantitative estimate of drug-likeness (QED) is 0.601. The zero-order valence-corrected chi connectivity index (χ0v) is 17.7. The fraction of sp³-hybridized carbons (Fsp3) is 0.417. The molecule has 1 fully saturated rings. The number of amides is 2. The van der Waals surface area contributed by atoms with Crippen LogP contribution in [0, 0.1) is 13.8 Å². The molecule has 29 heavy (non-hydrogen) atoms. The lowest BCUT2D eigenvalue weighted by molar-refractivity contribution is 0.191. The Hall–Kier alpha value is -2.82. The predicted octanol–water partition coefficient (Wildman–Crippen LogP) is 5.71. The monoisotopic (exact) mass is 390 g/mol. The molecule has 1 atom stereocenters. The van der Waals surface area contributed by atoms with Crippen molar-refractivity contribution in [2.24, 2.45) is 0 Å². The van der Waals surface area contributed by atoms with Gasteiger partial charge in [-0.15, -0.1) is 0 Å². The largest absolute Gasteiger partial charge is 0.342 e. The third-order valence-corrected chi connectivity index (χ3v) is 6.04. The van der Waals surface area contributed by atoms with Crippen LogP contribution in [0.3, 0.4) is 0 Å². The van der Waals surface area contributed by atoms with Gasteiger partial charge in [0.2, 0.25) is 0 Å². The molecule has 0 bridgehead atoms. The van der Waals surface area contributed by atoms with Crippen LogP contribution in [0.5, 0.6) is 0 Å². The fourth-order valence-electron chi connectivity index (χ4n) is 4.02. The normalized spacial score (nSPS) is 17.1. The SMILES string of the molecule is Cc1cc2nc([C@H]3CCCN(C(=O)Nc4ccc(C(C)C)cc4)C3)[nH]c2cc1C. The first-order valence-electron chi connectivity index (χ1n) is 10.5. The average molecular weight is 391 g/mol. The summed E-state index contributed by atoms with van der Waals surface area (Å²) < 4.78 is 0. The molecule has 0 saturated carbocycles. The molecule has 0 unspecified atom stereocenters. The van der Waals surface area contributed by atoms with Crippen molar-refractivity contribution in [2.45, 2.75) is 52.4 Å². The van der Waals surface area contributed by atoms with Crippen molar-refractivity contribution in [1.82, 2.24) is 14.9 Å². The third-order valence-electron chi connectivity index (χ3n) is 6.04. The highest BCUT2D eigenvalue weighted by Crippen LogP contribution is 2.28. The van der Waals surface area contributed by atoms with E-state index in [1.165, 1.54) is 16.7 Å². The maximum atomic E-state index is 12.8. The van der Waals surface area contributed by atoms with E-state index in [2.05, 4.69) is 62.3 Å². The van der Waals surface area contributed by atoms with Gasteiger partial charge >= 0.3 is 6.03 Å². The number of carbonyl (C=O) groups is 1. The molecule has 2 N–H and O–H groups in total. The third kappa shape index (κ3) is 4.14. The second kappa shape index (κ2) is 7.90. The van der Waals surface area contributed by atoms with Gasteiger partial charge in [0.05, 0.1) is 11.0 Å². The summed E-state index contributed by atoms with van der Waals surface area (Å²) in [6, 6.07) is 12.4. The number of anilines is 1. The Balaban J connectivity index is 1.45. The van der Waals surface area contributed by atoms with E-state index < -0.39 is 0 Å². The molecule has 5 heteroatoms. The van der Waals surface area contributed by atoms with Gasteiger partial charge < -0.3 is 15.2 Å². The predicted molar refractivity (Wildman–Crippen MR) is 119 cm³/mol. The van der Waals surface area contributed by atoms with Gasteiger partial charge in [0.1, 0.15) is 5.82 Å². The van der Waals surface area contributed by atoms with Crippen LogP contribution in [0.25, 0.3) is 11.0 Å². The number of nitrogens with one attached hydrogen (secondary N) is 2. The van der Waals surface area contributed by atoms with Gasteiger partial charge in [-0.3, -0.25) is 0 Å². The van der Waals surface area contributed by atoms with Crippen LogP contribution in [0.2, 0.25) is 0 Å². The van der Waals surface area contributed by atoms with Crippen molar-refractivity contribution in [3.63, 3.8) is 0 Å². The van der Waals surface area contributed by atoms with E-state index in [1.54, 1.807) is 0 Å². The molecule has 1 aromatic heterocycles. The first-order valence-corrected chi connectivity index (χ1v) is 10.5. The summed E-state index contributed by atoms with van der Waals surface area (Å²) >= 11 is 0. The molecule has 1 aliphatic rings. The van der Waals surface area contributed by atoms with E-state index in [1.807, 2.05) is 17.0 Å². The number of carbonyl (C=O) groups excluding carboxylic acids is 1. The van der Waals surface area contributed by atoms with Gasteiger partial charge in [-0.25, -0.2) is 9.78 Å². The molecule has 1 aliphatic heterocycles. The molecule has 0 spiro atoms. The minimum Gasteiger partial charge on any atom is -0.342 e. The number of aromatic nitrogens is 2. The van der Waals surface area contributed by atoms with Crippen LogP contribution >= 0.6 is 0 Å². The first kappa shape index (κ1) is 19.5. The summed E-state index contributed by atoms with van der Waals surface area (Å²) in [6.45, 7) is 10.0. The molecule has 0 aliphatic carbocycles. The van der Waals surface area contributed by atoms with Crippen molar-refractivity contribution >= 4 is 22.8 Å². The van der Waals surface area contributed by atoms with Crippen LogP contribution < -0.4 is 5.32 Å². The molecule has 2 amide bonds. The number of urea groups is 1. The highest BCUT2D eigenvalue weighted by atomic mass is 16.2. The molecule has 2 heterocycles. The number of imidazole rings is 1. The summed E-state index contributed by atoms with van der Waals surface area (Å²) in [5.41, 5.74) is 6.72. The van der Waals surface area contributed by atoms with E-state index in [4.69, 9.17) is 4.98 Å². The van der Waals surface area contributed by atoms with Crippen molar-refractivity contribution in [3.05, 3.63) is 58.9 Å². The van der Waals surface area contributed by atoms with Gasteiger partial charge in [0.25, 0.3) is 0 Å². The molecule has 152 valence electrons. The zero-order chi connectivity index (χ0) is 20.5. The molecule has 5 nitrogen and oxygen atoms in total. The summed E-state index contributed by atoms with van der Waals surface area (Å²) in [5, 5.41) is 3.05. The summed E-state index contributed by atoms with van der Waals surface area (Å²) in [5.74, 6) is 1.72. The lowest BCUT2D eigenvalue weighted by atomic mass is 9.97. The second-order valence-corrected chi connectivity index (χ2v) is 8.57. The summed E-state index contributed by atoms with van der Waals surface area (Å²) in [4.78, 5) is 23.0. The Kier molecular flexibility index (Phi) is 5.31. The number of hydrogen-bond acceptors (Lipinski definition) is 2. The number of aromatic amines is 1. The van der Waals surface area contributed by atoms with Crippen LogP contribution in [-0.4, -0.2) is 34.0 Å². The number of aryl methyl sites for hydroxylation is 2. The number of hydrogen-bond donors (Lipinski definition) is 2. The number of nitrogens with zero attached hydrogens (tertiary/aromatic N) is 2. The fourth-order valence-corrected chi connectivity index (χ4v) is 4.02. The lowest BCUT2D eigenvalue weighted by Crippen LogP contribution is -2.41. The van der Waals surface area contributed by atoms with E-state index in [-0.39, 0.29) is 11.9 Å². The van der Waals surface area contributed by atoms with E-state index >= 15 is 0 Å². The van der Waals surface area contributed by atoms with Crippen LogP contribution in [0.15, 0.2) is 36.4 Å². The van der Waals surface area contributed by atoms with Gasteiger partial charge in [-0.2, -0.15) is 0 Å². The van der Waals surface area contributed by atoms with Crippen molar-refractivity contribution in [2.75, 3.05) is 18.4 Å². The van der Waals surface area contributed by atoms with Gasteiger partial charge in [-0.05, 0) is 73.6 Å². The standard InChI is InChI=1S/C24H30N4O/c1-15(2)18-7-9-20(10-8-18)25-24(29)28-11-5-6-19(14-28)23-26-21-12-16(3)17(4)13-22(21)27-23/h7-10,12-13,15,19H,5-6,11,14H2,1-4H3,(H,25,29)(H,26,27)/t19-/m0/s1. The van der Waals surface area contributed by atoms with Gasteiger partial charge in [0.15, 0.2) is 0 Å². The van der Waals surface area contributed by atoms with E-state index in [0.29, 0.717) is 12.5 Å². The van der Waals surface area contributed by atoms with Gasteiger partial charge in [-0.1, -0.05) is 26.0 Å². The van der Waals surface area contributed by atoms with Crippen LogP contribution in [0.4, 0.5) is 10.5 Å². The smallest absolute Gasteiger partial charge is 0.321 e. The number of fused-ring (bicyclic) bond motifs is 1. The molecule has 2 aromatic carbocycles. The highest BCUT2D eigenvalue weighted by molar-refractivity contribution is 5.89. The van der Waals surface area contributed by atoms with Crippen molar-refractivity contribution in [3.8, 4) is 0 Å². The number of benzene rings is 2.